The number of piperazine rings is 1. The molecule has 0 spiro atoms. The molecule has 1 saturated heterocycles. The number of rotatable bonds is 5. The quantitative estimate of drug-likeness (QED) is 0.578. The van der Waals surface area contributed by atoms with Gasteiger partial charge in [-0.05, 0) is 44.7 Å². The van der Waals surface area contributed by atoms with Gasteiger partial charge in [-0.1, -0.05) is 50.5 Å². The molecule has 35 heavy (non-hydrogen) atoms. The molecule has 0 atom stereocenters. The van der Waals surface area contributed by atoms with Gasteiger partial charge in [0.1, 0.15) is 11.6 Å². The van der Waals surface area contributed by atoms with Gasteiger partial charge in [0.05, 0.1) is 5.35 Å². The van der Waals surface area contributed by atoms with E-state index in [2.05, 4.69) is 46.8 Å². The molecule has 0 bridgehead atoms. The summed E-state index contributed by atoms with van der Waals surface area (Å²) >= 11 is 0. The van der Waals surface area contributed by atoms with Gasteiger partial charge in [0.15, 0.2) is 5.82 Å². The van der Waals surface area contributed by atoms with Crippen LogP contribution in [0.4, 0.5) is 11.6 Å². The molecule has 2 saturated carbocycles. The van der Waals surface area contributed by atoms with Crippen LogP contribution in [-0.4, -0.2) is 41.1 Å². The Morgan fingerprint density at radius 2 is 1.80 bits per heavy atom. The lowest BCUT2D eigenvalue weighted by molar-refractivity contribution is 0.413. The molecule has 3 fully saturated rings. The summed E-state index contributed by atoms with van der Waals surface area (Å²) in [6.07, 6.45) is 24.2. The molecular weight excluding hydrogens is 432 g/mol. The van der Waals surface area contributed by atoms with E-state index in [9.17, 15) is 0 Å². The Morgan fingerprint density at radius 3 is 2.31 bits per heavy atom. The molecule has 5 rings (SSSR count). The minimum Gasteiger partial charge on any atom is -0.385 e. The number of hydrogen-bond acceptors (Lipinski definition) is 5. The summed E-state index contributed by atoms with van der Waals surface area (Å²) in [6, 6.07) is 2.20. The number of nitrogens with two attached hydrogens (primary N) is 1. The predicted octanol–water partition coefficient (Wildman–Crippen LogP) is 3.70. The SMILES string of the molecule is C#C.C1CC1.C=C/C=c1/c(N2CCNCC2)nc(/C(=C/C)c2cc(C3CCC3)[nH]c2N)n/c1=C/C. The van der Waals surface area contributed by atoms with Gasteiger partial charge in [0, 0.05) is 48.2 Å². The van der Waals surface area contributed by atoms with Crippen molar-refractivity contribution in [3.8, 4) is 12.8 Å². The first-order valence-electron chi connectivity index (χ1n) is 12.8. The summed E-state index contributed by atoms with van der Waals surface area (Å²) in [5.74, 6) is 2.97. The van der Waals surface area contributed by atoms with Crippen molar-refractivity contribution in [1.82, 2.24) is 20.3 Å². The molecule has 0 amide bonds. The minimum absolute atomic E-state index is 0.598. The number of anilines is 2. The molecule has 1 aliphatic heterocycles. The molecule has 6 heteroatoms. The van der Waals surface area contributed by atoms with Crippen molar-refractivity contribution < 1.29 is 0 Å². The highest BCUT2D eigenvalue weighted by Crippen LogP contribution is 2.38. The normalized spacial score (nSPS) is 18.6. The van der Waals surface area contributed by atoms with E-state index in [-0.39, 0.29) is 0 Å². The number of allylic oxidation sites excluding steroid dienone is 2. The highest BCUT2D eigenvalue weighted by atomic mass is 15.2. The molecule has 2 aromatic rings. The first-order chi connectivity index (χ1) is 17.2. The predicted molar refractivity (Wildman–Crippen MR) is 149 cm³/mol. The standard InChI is InChI=1S/C24H32N6.C3H6.C2H2/c1-4-8-18-20(6-3)28-23(29-24(18)30-13-11-26-12-14-30)17(5-2)19-15-21(27-22(19)25)16-9-7-10-16;1-2-3-1;1-2/h4-6,8,15-16,26-27H,1,7,9-14,25H2,2-3H3;1-3H2;1-2H/b17-5+,18-8+,20-6+;;. The zero-order chi connectivity index (χ0) is 25.2. The number of nitrogen functional groups attached to an aromatic ring is 1. The van der Waals surface area contributed by atoms with Crippen molar-refractivity contribution >= 4 is 29.4 Å². The Kier molecular flexibility index (Phi) is 9.75. The summed E-state index contributed by atoms with van der Waals surface area (Å²) in [6.45, 7) is 11.7. The second-order valence-corrected chi connectivity index (χ2v) is 9.04. The lowest BCUT2D eigenvalue weighted by atomic mass is 9.83. The molecular formula is C29H40N6. The minimum atomic E-state index is 0.598. The van der Waals surface area contributed by atoms with Crippen LogP contribution in [0, 0.1) is 12.8 Å². The van der Waals surface area contributed by atoms with Crippen LogP contribution in [0.1, 0.15) is 75.4 Å². The topological polar surface area (TPSA) is 82.9 Å². The number of hydrogen-bond donors (Lipinski definition) is 3. The van der Waals surface area contributed by atoms with Crippen molar-refractivity contribution in [2.75, 3.05) is 36.8 Å². The molecule has 0 radical (unpaired) electrons. The van der Waals surface area contributed by atoms with Crippen molar-refractivity contribution in [3.05, 3.63) is 52.4 Å². The second kappa shape index (κ2) is 13.0. The first kappa shape index (κ1) is 26.3. The molecule has 3 heterocycles. The van der Waals surface area contributed by atoms with Crippen molar-refractivity contribution in [2.24, 2.45) is 0 Å². The number of aromatic nitrogens is 3. The number of terminal acetylenes is 1. The Hall–Kier alpha value is -3.30. The van der Waals surface area contributed by atoms with E-state index in [0.29, 0.717) is 17.6 Å². The van der Waals surface area contributed by atoms with Crippen molar-refractivity contribution in [1.29, 1.82) is 0 Å². The van der Waals surface area contributed by atoms with Crippen LogP contribution < -0.4 is 26.5 Å². The Bertz CT molecular complexity index is 1150. The van der Waals surface area contributed by atoms with E-state index in [0.717, 1.165) is 53.7 Å². The number of H-pyrrole nitrogens is 1. The molecule has 2 aromatic heterocycles. The van der Waals surface area contributed by atoms with Crippen LogP contribution in [0.15, 0.2) is 24.8 Å². The van der Waals surface area contributed by atoms with Crippen LogP contribution in [0.25, 0.3) is 17.7 Å². The molecule has 0 aromatic carbocycles. The molecule has 3 aliphatic rings. The molecule has 2 aliphatic carbocycles. The summed E-state index contributed by atoms with van der Waals surface area (Å²) in [4.78, 5) is 15.7. The molecule has 4 N–H and O–H groups in total. The summed E-state index contributed by atoms with van der Waals surface area (Å²) in [7, 11) is 0. The van der Waals surface area contributed by atoms with E-state index < -0.39 is 0 Å². The van der Waals surface area contributed by atoms with Gasteiger partial charge in [0.25, 0.3) is 0 Å². The van der Waals surface area contributed by atoms with E-state index in [1.165, 1.54) is 44.2 Å². The highest BCUT2D eigenvalue weighted by Gasteiger charge is 2.24. The maximum atomic E-state index is 6.40. The van der Waals surface area contributed by atoms with Crippen LogP contribution in [0.2, 0.25) is 0 Å². The average Bonchev–Trinajstić information content (AvgIpc) is 3.71. The van der Waals surface area contributed by atoms with E-state index in [4.69, 9.17) is 15.7 Å². The molecule has 0 unspecified atom stereocenters. The Balaban J connectivity index is 0.000000622. The fourth-order valence-corrected chi connectivity index (χ4v) is 4.27. The molecule has 6 nitrogen and oxygen atoms in total. The van der Waals surface area contributed by atoms with Gasteiger partial charge in [-0.15, -0.1) is 12.8 Å². The van der Waals surface area contributed by atoms with E-state index >= 15 is 0 Å². The third-order valence-electron chi connectivity index (χ3n) is 6.52. The van der Waals surface area contributed by atoms with Crippen LogP contribution in [0.3, 0.4) is 0 Å². The van der Waals surface area contributed by atoms with Crippen LogP contribution in [-0.2, 0) is 0 Å². The zero-order valence-corrected chi connectivity index (χ0v) is 21.3. The van der Waals surface area contributed by atoms with E-state index in [1.807, 2.05) is 32.1 Å². The van der Waals surface area contributed by atoms with Gasteiger partial charge >= 0.3 is 0 Å². The largest absolute Gasteiger partial charge is 0.385 e. The first-order valence-corrected chi connectivity index (χ1v) is 12.8. The lowest BCUT2D eigenvalue weighted by Crippen LogP contribution is -2.48. The van der Waals surface area contributed by atoms with Gasteiger partial charge in [0.2, 0.25) is 0 Å². The smallest absolute Gasteiger partial charge is 0.162 e. The van der Waals surface area contributed by atoms with Crippen LogP contribution in [0.5, 0.6) is 0 Å². The number of nitrogens with one attached hydrogen (secondary N) is 2. The number of aromatic amines is 1. The summed E-state index contributed by atoms with van der Waals surface area (Å²) in [5, 5.41) is 5.35. The maximum absolute atomic E-state index is 6.40. The van der Waals surface area contributed by atoms with Gasteiger partial charge < -0.3 is 20.9 Å². The maximum Gasteiger partial charge on any atom is 0.162 e. The average molecular weight is 473 g/mol. The third kappa shape index (κ3) is 6.43. The van der Waals surface area contributed by atoms with Gasteiger partial charge in [-0.3, -0.25) is 0 Å². The third-order valence-corrected chi connectivity index (χ3v) is 6.52. The van der Waals surface area contributed by atoms with Crippen molar-refractivity contribution in [2.45, 2.75) is 58.3 Å². The monoisotopic (exact) mass is 472 g/mol. The zero-order valence-electron chi connectivity index (χ0n) is 21.3. The summed E-state index contributed by atoms with van der Waals surface area (Å²) in [5.41, 5.74) is 9.60. The van der Waals surface area contributed by atoms with Gasteiger partial charge in [-0.25, -0.2) is 9.97 Å². The van der Waals surface area contributed by atoms with Gasteiger partial charge in [-0.2, -0.15) is 0 Å². The summed E-state index contributed by atoms with van der Waals surface area (Å²) < 4.78 is 0. The Morgan fingerprint density at radius 1 is 1.11 bits per heavy atom. The van der Waals surface area contributed by atoms with Crippen LogP contribution >= 0.6 is 0 Å². The lowest BCUT2D eigenvalue weighted by Gasteiger charge is -2.29. The highest BCUT2D eigenvalue weighted by molar-refractivity contribution is 5.82. The Labute approximate surface area is 210 Å². The van der Waals surface area contributed by atoms with Crippen molar-refractivity contribution in [3.63, 3.8) is 0 Å². The fraction of sp³-hybridized carbons (Fsp3) is 0.448. The number of nitrogens with zero attached hydrogens (tertiary/aromatic N) is 3. The fourth-order valence-electron chi connectivity index (χ4n) is 4.27. The second-order valence-electron chi connectivity index (χ2n) is 9.04. The molecule has 186 valence electrons. The van der Waals surface area contributed by atoms with E-state index in [1.54, 1.807) is 0 Å².